The Morgan fingerprint density at radius 3 is 2.59 bits per heavy atom. The van der Waals surface area contributed by atoms with Crippen molar-refractivity contribution in [3.05, 3.63) is 80.1 Å². The van der Waals surface area contributed by atoms with Crippen molar-refractivity contribution in [2.75, 3.05) is 0 Å². The molecule has 2 heterocycles. The summed E-state index contributed by atoms with van der Waals surface area (Å²) in [6.07, 6.45) is 0. The van der Waals surface area contributed by atoms with Crippen molar-refractivity contribution < 1.29 is 9.21 Å². The molecule has 1 aliphatic heterocycles. The summed E-state index contributed by atoms with van der Waals surface area (Å²) in [6.45, 7) is 0. The van der Waals surface area contributed by atoms with Crippen molar-refractivity contribution in [1.29, 1.82) is 0 Å². The van der Waals surface area contributed by atoms with Gasteiger partial charge >= 0.3 is 0 Å². The maximum absolute atomic E-state index is 12.8. The molecule has 5 heteroatoms. The Hall–Kier alpha value is -2.40. The molecule has 1 atom stereocenters. The molecular weight excluding hydrogens is 346 g/mol. The molecule has 1 N–H and O–H groups in total. The molecule has 4 rings (SSSR count). The third-order valence-corrected chi connectivity index (χ3v) is 4.28. The van der Waals surface area contributed by atoms with Crippen molar-refractivity contribution in [2.45, 2.75) is 6.04 Å². The zero-order chi connectivity index (χ0) is 15.3. The van der Waals surface area contributed by atoms with Crippen LogP contribution in [0.3, 0.4) is 0 Å². The van der Waals surface area contributed by atoms with Crippen LogP contribution >= 0.6 is 15.9 Å². The van der Waals surface area contributed by atoms with Crippen LogP contribution in [-0.4, -0.2) is 5.91 Å². The van der Waals surface area contributed by atoms with E-state index in [9.17, 15) is 9.59 Å². The molecule has 0 bridgehead atoms. The summed E-state index contributed by atoms with van der Waals surface area (Å²) in [5.74, 6) is -0.251. The molecule has 4 nitrogen and oxygen atoms in total. The number of hydrogen-bond donors (Lipinski definition) is 1. The van der Waals surface area contributed by atoms with Gasteiger partial charge in [-0.05, 0) is 23.8 Å². The summed E-state index contributed by atoms with van der Waals surface area (Å²) in [6, 6.07) is 14.1. The smallest absolute Gasteiger partial charge is 0.288 e. The number of carbonyl (C=O) groups excluding carboxylic acids is 1. The van der Waals surface area contributed by atoms with E-state index in [1.807, 2.05) is 30.3 Å². The van der Waals surface area contributed by atoms with Gasteiger partial charge in [0.15, 0.2) is 5.43 Å². The molecule has 0 spiro atoms. The van der Waals surface area contributed by atoms with Gasteiger partial charge in [-0.25, -0.2) is 0 Å². The zero-order valence-corrected chi connectivity index (χ0v) is 12.9. The van der Waals surface area contributed by atoms with Gasteiger partial charge in [0.25, 0.3) is 5.91 Å². The van der Waals surface area contributed by atoms with Gasteiger partial charge in [-0.15, -0.1) is 0 Å². The van der Waals surface area contributed by atoms with Crippen LogP contribution in [0.4, 0.5) is 0 Å². The molecule has 0 saturated heterocycles. The average molecular weight is 356 g/mol. The first kappa shape index (κ1) is 13.3. The lowest BCUT2D eigenvalue weighted by Gasteiger charge is -2.11. The Balaban J connectivity index is 2.03. The zero-order valence-electron chi connectivity index (χ0n) is 11.3. The van der Waals surface area contributed by atoms with Gasteiger partial charge in [0.05, 0.1) is 17.0 Å². The SMILES string of the molecule is O=C1NC(c2ccccc2)c2c1oc1ccc(Br)cc1c2=O. The molecule has 1 aliphatic rings. The first-order valence-corrected chi connectivity index (χ1v) is 7.56. The molecule has 0 aliphatic carbocycles. The lowest BCUT2D eigenvalue weighted by molar-refractivity contribution is 0.0938. The van der Waals surface area contributed by atoms with Crippen molar-refractivity contribution in [1.82, 2.24) is 5.32 Å². The quantitative estimate of drug-likeness (QED) is 0.727. The number of amides is 1. The van der Waals surface area contributed by atoms with Crippen LogP contribution in [0, 0.1) is 0 Å². The summed E-state index contributed by atoms with van der Waals surface area (Å²) in [4.78, 5) is 25.0. The minimum absolute atomic E-state index is 0.105. The van der Waals surface area contributed by atoms with Gasteiger partial charge < -0.3 is 9.73 Å². The van der Waals surface area contributed by atoms with Gasteiger partial charge in [0, 0.05) is 4.47 Å². The van der Waals surface area contributed by atoms with E-state index >= 15 is 0 Å². The lowest BCUT2D eigenvalue weighted by atomic mass is 9.99. The summed E-state index contributed by atoms with van der Waals surface area (Å²) in [5.41, 5.74) is 1.47. The summed E-state index contributed by atoms with van der Waals surface area (Å²) >= 11 is 3.36. The third-order valence-electron chi connectivity index (χ3n) is 3.79. The highest BCUT2D eigenvalue weighted by molar-refractivity contribution is 9.10. The van der Waals surface area contributed by atoms with Crippen LogP contribution in [0.5, 0.6) is 0 Å². The van der Waals surface area contributed by atoms with E-state index < -0.39 is 6.04 Å². The molecule has 0 saturated carbocycles. The van der Waals surface area contributed by atoms with Crippen molar-refractivity contribution in [2.24, 2.45) is 0 Å². The second-order valence-corrected chi connectivity index (χ2v) is 6.05. The summed E-state index contributed by atoms with van der Waals surface area (Å²) in [7, 11) is 0. The van der Waals surface area contributed by atoms with Gasteiger partial charge in [0.1, 0.15) is 5.58 Å². The lowest BCUT2D eigenvalue weighted by Crippen LogP contribution is -2.21. The highest BCUT2D eigenvalue weighted by Gasteiger charge is 2.35. The molecule has 1 aromatic heterocycles. The number of nitrogens with one attached hydrogen (secondary N) is 1. The predicted octanol–water partition coefficient (Wildman–Crippen LogP) is 3.39. The fraction of sp³-hybridized carbons (Fsp3) is 0.0588. The van der Waals surface area contributed by atoms with Crippen molar-refractivity contribution in [3.8, 4) is 0 Å². The van der Waals surface area contributed by atoms with E-state index in [1.54, 1.807) is 18.2 Å². The standard InChI is InChI=1S/C17H10BrNO3/c18-10-6-7-12-11(8-10)15(20)13-14(9-4-2-1-3-5-9)19-17(21)16(13)22-12/h1-8,14H,(H,19,21). The monoisotopic (exact) mass is 355 g/mol. The number of fused-ring (bicyclic) bond motifs is 2. The van der Waals surface area contributed by atoms with Gasteiger partial charge in [0.2, 0.25) is 5.76 Å². The molecule has 2 aromatic carbocycles. The fourth-order valence-electron chi connectivity index (χ4n) is 2.78. The van der Waals surface area contributed by atoms with Crippen LogP contribution in [0.15, 0.2) is 62.2 Å². The molecular formula is C17H10BrNO3. The van der Waals surface area contributed by atoms with E-state index in [0.717, 1.165) is 10.0 Å². The highest BCUT2D eigenvalue weighted by atomic mass is 79.9. The Morgan fingerprint density at radius 1 is 1.05 bits per heavy atom. The molecule has 22 heavy (non-hydrogen) atoms. The second-order valence-electron chi connectivity index (χ2n) is 5.13. The number of hydrogen-bond acceptors (Lipinski definition) is 3. The normalized spacial score (nSPS) is 16.6. The number of halogens is 1. The van der Waals surface area contributed by atoms with E-state index in [4.69, 9.17) is 4.42 Å². The molecule has 108 valence electrons. The number of benzene rings is 2. The van der Waals surface area contributed by atoms with Gasteiger partial charge in [-0.2, -0.15) is 0 Å². The Labute approximate surface area is 133 Å². The minimum atomic E-state index is -0.469. The second kappa shape index (κ2) is 4.81. The third kappa shape index (κ3) is 1.89. The number of carbonyl (C=O) groups is 1. The maximum Gasteiger partial charge on any atom is 0.288 e. The van der Waals surface area contributed by atoms with Crippen LogP contribution in [-0.2, 0) is 0 Å². The first-order valence-electron chi connectivity index (χ1n) is 6.77. The maximum atomic E-state index is 12.8. The van der Waals surface area contributed by atoms with Gasteiger partial charge in [-0.1, -0.05) is 46.3 Å². The fourth-order valence-corrected chi connectivity index (χ4v) is 3.14. The van der Waals surface area contributed by atoms with Crippen LogP contribution in [0.1, 0.15) is 27.7 Å². The summed E-state index contributed by atoms with van der Waals surface area (Å²) in [5, 5.41) is 3.28. The topological polar surface area (TPSA) is 59.3 Å². The predicted molar refractivity (Wildman–Crippen MR) is 85.9 cm³/mol. The van der Waals surface area contributed by atoms with Crippen LogP contribution < -0.4 is 10.7 Å². The van der Waals surface area contributed by atoms with E-state index in [-0.39, 0.29) is 17.1 Å². The molecule has 0 radical (unpaired) electrons. The Bertz CT molecular complexity index is 963. The largest absolute Gasteiger partial charge is 0.450 e. The first-order chi connectivity index (χ1) is 10.6. The van der Waals surface area contributed by atoms with Crippen molar-refractivity contribution >= 4 is 32.8 Å². The van der Waals surface area contributed by atoms with Gasteiger partial charge in [-0.3, -0.25) is 9.59 Å². The van der Waals surface area contributed by atoms with E-state index in [1.165, 1.54) is 0 Å². The molecule has 1 unspecified atom stereocenters. The average Bonchev–Trinajstić information content (AvgIpc) is 2.87. The minimum Gasteiger partial charge on any atom is -0.450 e. The summed E-state index contributed by atoms with van der Waals surface area (Å²) < 4.78 is 6.46. The van der Waals surface area contributed by atoms with Crippen molar-refractivity contribution in [3.63, 3.8) is 0 Å². The number of rotatable bonds is 1. The van der Waals surface area contributed by atoms with E-state index in [0.29, 0.717) is 16.5 Å². The van der Waals surface area contributed by atoms with E-state index in [2.05, 4.69) is 21.2 Å². The highest BCUT2D eigenvalue weighted by Crippen LogP contribution is 2.31. The van der Waals surface area contributed by atoms with Crippen LogP contribution in [0.25, 0.3) is 11.0 Å². The molecule has 0 fully saturated rings. The Kier molecular flexibility index (Phi) is 2.90. The molecule has 1 amide bonds. The molecule has 3 aromatic rings. The van der Waals surface area contributed by atoms with Crippen LogP contribution in [0.2, 0.25) is 0 Å². The Morgan fingerprint density at radius 2 is 1.82 bits per heavy atom.